The number of aryl methyl sites for hydroxylation is 3. The van der Waals surface area contributed by atoms with Crippen LogP contribution < -0.4 is 14.8 Å². The SMILES string of the molecule is COc1ccc(-c2nc3cc(C)ccn3c2Nc2c(C)cccc2C)cc1OC. The number of fused-ring (bicyclic) bond motifs is 1. The van der Waals surface area contributed by atoms with Crippen molar-refractivity contribution in [1.29, 1.82) is 0 Å². The van der Waals surface area contributed by atoms with Gasteiger partial charge in [0.25, 0.3) is 0 Å². The van der Waals surface area contributed by atoms with Crippen LogP contribution in [0.2, 0.25) is 0 Å². The first kappa shape index (κ1) is 18.9. The molecule has 0 aliphatic rings. The Labute approximate surface area is 170 Å². The first-order valence-electron chi connectivity index (χ1n) is 9.56. The van der Waals surface area contributed by atoms with E-state index in [4.69, 9.17) is 14.5 Å². The normalized spacial score (nSPS) is 10.9. The summed E-state index contributed by atoms with van der Waals surface area (Å²) in [4.78, 5) is 4.93. The predicted molar refractivity (Wildman–Crippen MR) is 118 cm³/mol. The van der Waals surface area contributed by atoms with Gasteiger partial charge in [0.05, 0.1) is 14.2 Å². The highest BCUT2D eigenvalue weighted by atomic mass is 16.5. The number of nitrogens with one attached hydrogen (secondary N) is 1. The largest absolute Gasteiger partial charge is 0.493 e. The Morgan fingerprint density at radius 2 is 1.59 bits per heavy atom. The monoisotopic (exact) mass is 387 g/mol. The number of rotatable bonds is 5. The minimum absolute atomic E-state index is 0.677. The van der Waals surface area contributed by atoms with Gasteiger partial charge in [-0.05, 0) is 67.8 Å². The average Bonchev–Trinajstić information content (AvgIpc) is 3.07. The van der Waals surface area contributed by atoms with Crippen LogP contribution in [0.15, 0.2) is 54.7 Å². The van der Waals surface area contributed by atoms with Gasteiger partial charge in [0.15, 0.2) is 11.5 Å². The maximum atomic E-state index is 5.51. The quantitative estimate of drug-likeness (QED) is 0.478. The van der Waals surface area contributed by atoms with Crippen molar-refractivity contribution < 1.29 is 9.47 Å². The van der Waals surface area contributed by atoms with E-state index in [1.165, 1.54) is 16.7 Å². The molecule has 29 heavy (non-hydrogen) atoms. The van der Waals surface area contributed by atoms with E-state index >= 15 is 0 Å². The zero-order chi connectivity index (χ0) is 20.5. The molecule has 0 saturated heterocycles. The third-order valence-corrected chi connectivity index (χ3v) is 5.16. The van der Waals surface area contributed by atoms with Crippen LogP contribution in [-0.2, 0) is 0 Å². The predicted octanol–water partition coefficient (Wildman–Crippen LogP) is 5.69. The molecule has 1 N–H and O–H groups in total. The van der Waals surface area contributed by atoms with Crippen molar-refractivity contribution in [2.45, 2.75) is 20.8 Å². The fourth-order valence-corrected chi connectivity index (χ4v) is 3.58. The second-order valence-corrected chi connectivity index (χ2v) is 7.20. The number of hydrogen-bond donors (Lipinski definition) is 1. The molecule has 0 amide bonds. The summed E-state index contributed by atoms with van der Waals surface area (Å²) in [5.41, 5.74) is 7.34. The van der Waals surface area contributed by atoms with E-state index in [-0.39, 0.29) is 0 Å². The first-order valence-corrected chi connectivity index (χ1v) is 9.56. The van der Waals surface area contributed by atoms with Crippen LogP contribution in [0.4, 0.5) is 11.5 Å². The topological polar surface area (TPSA) is 47.8 Å². The molecule has 0 unspecified atom stereocenters. The molecule has 2 aromatic carbocycles. The Kier molecular flexibility index (Phi) is 4.89. The summed E-state index contributed by atoms with van der Waals surface area (Å²) in [6.07, 6.45) is 2.05. The molecule has 0 aliphatic carbocycles. The van der Waals surface area contributed by atoms with E-state index < -0.39 is 0 Å². The first-order chi connectivity index (χ1) is 14.0. The number of aromatic nitrogens is 2. The van der Waals surface area contributed by atoms with E-state index in [0.29, 0.717) is 11.5 Å². The number of anilines is 2. The third-order valence-electron chi connectivity index (χ3n) is 5.16. The smallest absolute Gasteiger partial charge is 0.161 e. The van der Waals surface area contributed by atoms with Crippen LogP contribution in [0.25, 0.3) is 16.9 Å². The average molecular weight is 387 g/mol. The summed E-state index contributed by atoms with van der Waals surface area (Å²) in [6.45, 7) is 6.29. The van der Waals surface area contributed by atoms with Gasteiger partial charge in [-0.1, -0.05) is 18.2 Å². The minimum atomic E-state index is 0.677. The van der Waals surface area contributed by atoms with Crippen molar-refractivity contribution in [2.24, 2.45) is 0 Å². The zero-order valence-corrected chi connectivity index (χ0v) is 17.4. The zero-order valence-electron chi connectivity index (χ0n) is 17.4. The molecule has 148 valence electrons. The van der Waals surface area contributed by atoms with Gasteiger partial charge in [-0.2, -0.15) is 0 Å². The van der Waals surface area contributed by atoms with Gasteiger partial charge in [-0.15, -0.1) is 0 Å². The Balaban J connectivity index is 1.93. The number of imidazole rings is 1. The number of methoxy groups -OCH3 is 2. The molecule has 0 atom stereocenters. The Morgan fingerprint density at radius 1 is 0.862 bits per heavy atom. The van der Waals surface area contributed by atoms with Gasteiger partial charge in [0.2, 0.25) is 0 Å². The molecule has 2 heterocycles. The van der Waals surface area contributed by atoms with E-state index in [9.17, 15) is 0 Å². The lowest BCUT2D eigenvalue weighted by atomic mass is 10.1. The molecule has 5 heteroatoms. The summed E-state index contributed by atoms with van der Waals surface area (Å²) < 4.78 is 13.0. The van der Waals surface area contributed by atoms with Crippen LogP contribution in [0.1, 0.15) is 16.7 Å². The molecule has 2 aromatic heterocycles. The standard InChI is InChI=1S/C24H25N3O2/c1-15-11-12-27-21(13-15)25-23(18-9-10-19(28-4)20(14-18)29-5)24(27)26-22-16(2)7-6-8-17(22)3/h6-14,26H,1-5H3. The van der Waals surface area contributed by atoms with Gasteiger partial charge in [0, 0.05) is 17.4 Å². The molecule has 0 fully saturated rings. The summed E-state index contributed by atoms with van der Waals surface area (Å²) in [5.74, 6) is 2.29. The van der Waals surface area contributed by atoms with Gasteiger partial charge in [-0.3, -0.25) is 4.40 Å². The Bertz CT molecular complexity index is 1170. The molecule has 5 nitrogen and oxygen atoms in total. The number of hydrogen-bond acceptors (Lipinski definition) is 4. The van der Waals surface area contributed by atoms with Gasteiger partial charge < -0.3 is 14.8 Å². The van der Waals surface area contributed by atoms with Gasteiger partial charge in [0.1, 0.15) is 17.2 Å². The lowest BCUT2D eigenvalue weighted by molar-refractivity contribution is 0.355. The van der Waals surface area contributed by atoms with Crippen LogP contribution in [0.5, 0.6) is 11.5 Å². The summed E-state index contributed by atoms with van der Waals surface area (Å²) >= 11 is 0. The Hall–Kier alpha value is -3.47. The van der Waals surface area contributed by atoms with Crippen molar-refractivity contribution >= 4 is 17.2 Å². The van der Waals surface area contributed by atoms with Gasteiger partial charge >= 0.3 is 0 Å². The maximum absolute atomic E-state index is 5.51. The number of para-hydroxylation sites is 1. The van der Waals surface area contributed by atoms with Crippen molar-refractivity contribution in [1.82, 2.24) is 9.38 Å². The minimum Gasteiger partial charge on any atom is -0.493 e. The summed E-state index contributed by atoms with van der Waals surface area (Å²) in [6, 6.07) is 16.3. The number of pyridine rings is 1. The molecule has 0 spiro atoms. The molecular formula is C24H25N3O2. The van der Waals surface area contributed by atoms with Crippen LogP contribution in [-0.4, -0.2) is 23.6 Å². The lowest BCUT2D eigenvalue weighted by Gasteiger charge is -2.15. The second-order valence-electron chi connectivity index (χ2n) is 7.20. The Morgan fingerprint density at radius 3 is 2.28 bits per heavy atom. The van der Waals surface area contributed by atoms with E-state index in [1.54, 1.807) is 14.2 Å². The van der Waals surface area contributed by atoms with Crippen LogP contribution >= 0.6 is 0 Å². The van der Waals surface area contributed by atoms with Gasteiger partial charge in [-0.25, -0.2) is 4.98 Å². The maximum Gasteiger partial charge on any atom is 0.161 e. The highest BCUT2D eigenvalue weighted by Gasteiger charge is 2.18. The van der Waals surface area contributed by atoms with Crippen molar-refractivity contribution in [3.63, 3.8) is 0 Å². The molecule has 0 radical (unpaired) electrons. The number of benzene rings is 2. The fourth-order valence-electron chi connectivity index (χ4n) is 3.58. The van der Waals surface area contributed by atoms with Crippen LogP contribution in [0.3, 0.4) is 0 Å². The van der Waals surface area contributed by atoms with Crippen molar-refractivity contribution in [2.75, 3.05) is 19.5 Å². The molecule has 0 bridgehead atoms. The highest BCUT2D eigenvalue weighted by Crippen LogP contribution is 2.37. The number of ether oxygens (including phenoxy) is 2. The van der Waals surface area contributed by atoms with Crippen molar-refractivity contribution in [3.05, 3.63) is 71.4 Å². The van der Waals surface area contributed by atoms with Crippen LogP contribution in [0, 0.1) is 20.8 Å². The second kappa shape index (κ2) is 7.51. The molecule has 4 aromatic rings. The third kappa shape index (κ3) is 3.40. The molecule has 4 rings (SSSR count). The molecule has 0 aliphatic heterocycles. The van der Waals surface area contributed by atoms with E-state index in [2.05, 4.69) is 67.0 Å². The number of nitrogens with zero attached hydrogens (tertiary/aromatic N) is 2. The summed E-state index contributed by atoms with van der Waals surface area (Å²) in [5, 5.41) is 3.64. The van der Waals surface area contributed by atoms with E-state index in [0.717, 1.165) is 28.4 Å². The fraction of sp³-hybridized carbons (Fsp3) is 0.208. The van der Waals surface area contributed by atoms with E-state index in [1.807, 2.05) is 18.2 Å². The summed E-state index contributed by atoms with van der Waals surface area (Å²) in [7, 11) is 3.28. The molecule has 0 saturated carbocycles. The van der Waals surface area contributed by atoms with Crippen molar-refractivity contribution in [3.8, 4) is 22.8 Å². The lowest BCUT2D eigenvalue weighted by Crippen LogP contribution is -2.01. The molecular weight excluding hydrogens is 362 g/mol. The highest BCUT2D eigenvalue weighted by molar-refractivity contribution is 5.82.